The summed E-state index contributed by atoms with van der Waals surface area (Å²) < 4.78 is 27.8. The zero-order valence-electron chi connectivity index (χ0n) is 10.2. The zero-order valence-corrected chi connectivity index (χ0v) is 11.0. The highest BCUT2D eigenvalue weighted by Crippen LogP contribution is 2.19. The van der Waals surface area contributed by atoms with Gasteiger partial charge in [-0.25, -0.2) is 0 Å². The smallest absolute Gasteiger partial charge is 0.279 e. The zero-order chi connectivity index (χ0) is 12.3. The lowest BCUT2D eigenvalue weighted by molar-refractivity contribution is 0.120. The van der Waals surface area contributed by atoms with E-state index in [9.17, 15) is 13.5 Å². The van der Waals surface area contributed by atoms with E-state index in [4.69, 9.17) is 0 Å². The van der Waals surface area contributed by atoms with Crippen molar-refractivity contribution in [3.8, 4) is 0 Å². The summed E-state index contributed by atoms with van der Waals surface area (Å²) in [5, 5.41) is 9.34. The molecule has 0 radical (unpaired) electrons. The van der Waals surface area contributed by atoms with Crippen molar-refractivity contribution in [2.24, 2.45) is 0 Å². The number of nitrogens with zero attached hydrogens (tertiary/aromatic N) is 1. The summed E-state index contributed by atoms with van der Waals surface area (Å²) >= 11 is 0. The maximum Gasteiger partial charge on any atom is 0.279 e. The van der Waals surface area contributed by atoms with E-state index in [1.54, 1.807) is 7.05 Å². The molecule has 0 atom stereocenters. The number of hydrogen-bond donors (Lipinski definition) is 2. The molecule has 0 spiro atoms. The first-order valence-corrected chi connectivity index (χ1v) is 7.20. The Balaban J connectivity index is 2.53. The van der Waals surface area contributed by atoms with Crippen LogP contribution >= 0.6 is 0 Å². The van der Waals surface area contributed by atoms with E-state index in [0.29, 0.717) is 25.7 Å². The molecule has 1 aliphatic carbocycles. The minimum Gasteiger partial charge on any atom is -0.393 e. The Hall–Kier alpha value is -0.170. The molecule has 1 saturated carbocycles. The van der Waals surface area contributed by atoms with Crippen LogP contribution in [0, 0.1) is 0 Å². The van der Waals surface area contributed by atoms with Crippen LogP contribution < -0.4 is 4.72 Å². The molecule has 0 aromatic heterocycles. The minimum atomic E-state index is -3.37. The van der Waals surface area contributed by atoms with Crippen molar-refractivity contribution >= 4 is 10.2 Å². The first kappa shape index (κ1) is 13.9. The van der Waals surface area contributed by atoms with E-state index in [0.717, 1.165) is 0 Å². The third-order valence-corrected chi connectivity index (χ3v) is 4.93. The van der Waals surface area contributed by atoms with E-state index in [-0.39, 0.29) is 18.2 Å². The van der Waals surface area contributed by atoms with Crippen molar-refractivity contribution in [3.05, 3.63) is 0 Å². The van der Waals surface area contributed by atoms with Gasteiger partial charge in [0.25, 0.3) is 10.2 Å². The SMILES string of the molecule is CC(C)N(C)S(=O)(=O)NC1CCC(O)CC1. The van der Waals surface area contributed by atoms with E-state index in [1.165, 1.54) is 4.31 Å². The van der Waals surface area contributed by atoms with Crippen molar-refractivity contribution in [1.82, 2.24) is 9.03 Å². The lowest BCUT2D eigenvalue weighted by atomic mass is 9.94. The predicted octanol–water partition coefficient (Wildman–Crippen LogP) is 0.464. The molecular weight excluding hydrogens is 228 g/mol. The normalized spacial score (nSPS) is 27.6. The van der Waals surface area contributed by atoms with Gasteiger partial charge in [-0.3, -0.25) is 0 Å². The van der Waals surface area contributed by atoms with Crippen LogP contribution in [0.1, 0.15) is 39.5 Å². The Morgan fingerprint density at radius 3 is 2.19 bits per heavy atom. The maximum atomic E-state index is 11.9. The Morgan fingerprint density at radius 2 is 1.75 bits per heavy atom. The van der Waals surface area contributed by atoms with Crippen molar-refractivity contribution in [2.75, 3.05) is 7.05 Å². The molecular formula is C10H22N2O3S. The summed E-state index contributed by atoms with van der Waals surface area (Å²) in [5.41, 5.74) is 0. The van der Waals surface area contributed by atoms with Gasteiger partial charge in [-0.2, -0.15) is 17.4 Å². The van der Waals surface area contributed by atoms with Crippen LogP contribution in [0.15, 0.2) is 0 Å². The number of aliphatic hydroxyl groups is 1. The molecule has 0 saturated heterocycles. The lowest BCUT2D eigenvalue weighted by Gasteiger charge is -2.29. The van der Waals surface area contributed by atoms with Gasteiger partial charge >= 0.3 is 0 Å². The van der Waals surface area contributed by atoms with Crippen LogP contribution in [0.4, 0.5) is 0 Å². The standard InChI is InChI=1S/C10H22N2O3S/c1-8(2)12(3)16(14,15)11-9-4-6-10(13)7-5-9/h8-11,13H,4-7H2,1-3H3. The quantitative estimate of drug-likeness (QED) is 0.762. The molecule has 0 aliphatic heterocycles. The first-order chi connectivity index (χ1) is 7.33. The summed E-state index contributed by atoms with van der Waals surface area (Å²) in [6, 6.07) is -0.0821. The number of aliphatic hydroxyl groups excluding tert-OH is 1. The van der Waals surface area contributed by atoms with E-state index in [2.05, 4.69) is 4.72 Å². The van der Waals surface area contributed by atoms with Gasteiger partial charge in [0.15, 0.2) is 0 Å². The molecule has 6 heteroatoms. The molecule has 96 valence electrons. The van der Waals surface area contributed by atoms with Crippen molar-refractivity contribution in [2.45, 2.75) is 57.7 Å². The molecule has 0 heterocycles. The maximum absolute atomic E-state index is 11.9. The second-order valence-corrected chi connectivity index (χ2v) is 6.50. The van der Waals surface area contributed by atoms with Crippen LogP contribution in [0.3, 0.4) is 0 Å². The predicted molar refractivity (Wildman–Crippen MR) is 63.2 cm³/mol. The fourth-order valence-corrected chi connectivity index (χ4v) is 3.14. The van der Waals surface area contributed by atoms with Gasteiger partial charge in [-0.1, -0.05) is 0 Å². The largest absolute Gasteiger partial charge is 0.393 e. The molecule has 1 aliphatic rings. The van der Waals surface area contributed by atoms with Crippen LogP contribution in [0.5, 0.6) is 0 Å². The fourth-order valence-electron chi connectivity index (χ4n) is 1.76. The van der Waals surface area contributed by atoms with E-state index in [1.807, 2.05) is 13.8 Å². The summed E-state index contributed by atoms with van der Waals surface area (Å²) in [4.78, 5) is 0. The van der Waals surface area contributed by atoms with Crippen LogP contribution in [-0.4, -0.2) is 43.1 Å². The highest BCUT2D eigenvalue weighted by Gasteiger charge is 2.27. The molecule has 0 unspecified atom stereocenters. The van der Waals surface area contributed by atoms with Crippen molar-refractivity contribution in [1.29, 1.82) is 0 Å². The van der Waals surface area contributed by atoms with Gasteiger partial charge in [0.2, 0.25) is 0 Å². The average Bonchev–Trinajstić information content (AvgIpc) is 2.20. The summed E-state index contributed by atoms with van der Waals surface area (Å²) in [6.45, 7) is 3.67. The van der Waals surface area contributed by atoms with E-state index < -0.39 is 10.2 Å². The Kier molecular flexibility index (Phi) is 4.73. The summed E-state index contributed by atoms with van der Waals surface area (Å²) in [5.74, 6) is 0. The average molecular weight is 250 g/mol. The molecule has 5 nitrogen and oxygen atoms in total. The van der Waals surface area contributed by atoms with Crippen LogP contribution in [0.25, 0.3) is 0 Å². The van der Waals surface area contributed by atoms with Gasteiger partial charge in [0.1, 0.15) is 0 Å². The Bertz CT molecular complexity index is 308. The first-order valence-electron chi connectivity index (χ1n) is 5.76. The fraction of sp³-hybridized carbons (Fsp3) is 1.00. The Labute approximate surface area is 98.0 Å². The van der Waals surface area contributed by atoms with Gasteiger partial charge in [-0.05, 0) is 39.5 Å². The molecule has 2 N–H and O–H groups in total. The summed E-state index contributed by atoms with van der Waals surface area (Å²) in [6.07, 6.45) is 2.53. The molecule has 16 heavy (non-hydrogen) atoms. The minimum absolute atomic E-state index is 0.0328. The van der Waals surface area contributed by atoms with E-state index >= 15 is 0 Å². The molecule has 1 fully saturated rings. The van der Waals surface area contributed by atoms with Crippen molar-refractivity contribution < 1.29 is 13.5 Å². The number of rotatable bonds is 4. The van der Waals surface area contributed by atoms with Crippen LogP contribution in [0.2, 0.25) is 0 Å². The summed E-state index contributed by atoms with van der Waals surface area (Å²) in [7, 11) is -1.80. The third-order valence-electron chi connectivity index (χ3n) is 3.12. The number of nitrogens with one attached hydrogen (secondary N) is 1. The van der Waals surface area contributed by atoms with Gasteiger partial charge in [0, 0.05) is 19.1 Å². The molecule has 0 aromatic rings. The monoisotopic (exact) mass is 250 g/mol. The molecule has 1 rings (SSSR count). The second kappa shape index (κ2) is 5.44. The third kappa shape index (κ3) is 3.69. The molecule has 0 aromatic carbocycles. The topological polar surface area (TPSA) is 69.6 Å². The number of hydrogen-bond acceptors (Lipinski definition) is 3. The second-order valence-electron chi connectivity index (χ2n) is 4.74. The van der Waals surface area contributed by atoms with Gasteiger partial charge < -0.3 is 5.11 Å². The van der Waals surface area contributed by atoms with Gasteiger partial charge in [-0.15, -0.1) is 0 Å². The molecule has 0 amide bonds. The highest BCUT2D eigenvalue weighted by molar-refractivity contribution is 7.87. The van der Waals surface area contributed by atoms with Crippen LogP contribution in [-0.2, 0) is 10.2 Å². The highest BCUT2D eigenvalue weighted by atomic mass is 32.2. The molecule has 0 bridgehead atoms. The lowest BCUT2D eigenvalue weighted by Crippen LogP contribution is -2.47. The van der Waals surface area contributed by atoms with Crippen molar-refractivity contribution in [3.63, 3.8) is 0 Å². The van der Waals surface area contributed by atoms with Gasteiger partial charge in [0.05, 0.1) is 6.10 Å². The Morgan fingerprint density at radius 1 is 1.25 bits per heavy atom.